The Morgan fingerprint density at radius 1 is 1.20 bits per heavy atom. The number of carbonyl (C=O) groups excluding carboxylic acids is 1. The van der Waals surface area contributed by atoms with Crippen LogP contribution in [0.3, 0.4) is 0 Å². The smallest absolute Gasteiger partial charge is 0.230 e. The van der Waals surface area contributed by atoms with E-state index in [0.717, 1.165) is 20.3 Å². The number of fused-ring (bicyclic) bond motifs is 1. The lowest BCUT2D eigenvalue weighted by atomic mass is 10.1. The van der Waals surface area contributed by atoms with Crippen LogP contribution in [0.5, 0.6) is 0 Å². The zero-order valence-corrected chi connectivity index (χ0v) is 16.5. The van der Waals surface area contributed by atoms with Crippen molar-refractivity contribution in [3.63, 3.8) is 0 Å². The largest absolute Gasteiger partial charge is 0.302 e. The number of nitrogens with one attached hydrogen (secondary N) is 1. The number of benzene rings is 2. The lowest BCUT2D eigenvalue weighted by molar-refractivity contribution is -0.115. The molecule has 1 amide bonds. The van der Waals surface area contributed by atoms with E-state index in [4.69, 9.17) is 0 Å². The molecule has 0 aliphatic carbocycles. The number of anilines is 1. The van der Waals surface area contributed by atoms with E-state index in [1.54, 1.807) is 19.1 Å². The van der Waals surface area contributed by atoms with E-state index in [-0.39, 0.29) is 23.0 Å². The van der Waals surface area contributed by atoms with Gasteiger partial charge in [0.2, 0.25) is 5.91 Å². The van der Waals surface area contributed by atoms with Gasteiger partial charge in [-0.15, -0.1) is 0 Å². The number of carbonyl (C=O) groups is 1. The maximum atomic E-state index is 12.2. The molecule has 0 bridgehead atoms. The molecule has 5 nitrogen and oxygen atoms in total. The summed E-state index contributed by atoms with van der Waals surface area (Å²) >= 11 is 4.85. The van der Waals surface area contributed by atoms with Crippen LogP contribution in [-0.2, 0) is 21.1 Å². The molecular formula is C17H15BrN2O3S2. The number of thiazole rings is 1. The van der Waals surface area contributed by atoms with E-state index in [1.807, 2.05) is 18.2 Å². The Balaban J connectivity index is 1.70. The van der Waals surface area contributed by atoms with Crippen LogP contribution < -0.4 is 5.32 Å². The quantitative estimate of drug-likeness (QED) is 0.651. The standard InChI is InChI=1S/C17H15BrN2O3S2/c1-2-25(22,23)12-8-6-11(7-9-12)10-15(21)19-17-20-16-13(18)4-3-5-14(16)24-17/h3-9H,2,10H2,1H3,(H,19,20,21). The topological polar surface area (TPSA) is 76.1 Å². The number of hydrogen-bond acceptors (Lipinski definition) is 5. The van der Waals surface area contributed by atoms with Gasteiger partial charge in [0.05, 0.1) is 27.3 Å². The fraction of sp³-hybridized carbons (Fsp3) is 0.176. The average molecular weight is 439 g/mol. The minimum atomic E-state index is -3.22. The summed E-state index contributed by atoms with van der Waals surface area (Å²) < 4.78 is 25.5. The van der Waals surface area contributed by atoms with Crippen molar-refractivity contribution in [1.82, 2.24) is 4.98 Å². The summed E-state index contributed by atoms with van der Waals surface area (Å²) in [5.74, 6) is -0.138. The van der Waals surface area contributed by atoms with E-state index in [9.17, 15) is 13.2 Å². The Bertz CT molecular complexity index is 1030. The molecule has 0 atom stereocenters. The fourth-order valence-electron chi connectivity index (χ4n) is 2.30. The molecule has 1 heterocycles. The Kier molecular flexibility index (Phi) is 5.21. The van der Waals surface area contributed by atoms with Crippen molar-refractivity contribution in [2.24, 2.45) is 0 Å². The van der Waals surface area contributed by atoms with Gasteiger partial charge >= 0.3 is 0 Å². The Labute approximate surface area is 158 Å². The molecule has 3 rings (SSSR count). The van der Waals surface area contributed by atoms with Crippen molar-refractivity contribution in [3.05, 3.63) is 52.5 Å². The van der Waals surface area contributed by atoms with Gasteiger partial charge in [0.25, 0.3) is 0 Å². The molecule has 0 fully saturated rings. The minimum absolute atomic E-state index is 0.0556. The van der Waals surface area contributed by atoms with Crippen molar-refractivity contribution < 1.29 is 13.2 Å². The fourth-order valence-corrected chi connectivity index (χ4v) is 4.68. The number of amides is 1. The van der Waals surface area contributed by atoms with Crippen molar-refractivity contribution in [2.45, 2.75) is 18.2 Å². The highest BCUT2D eigenvalue weighted by molar-refractivity contribution is 9.10. The lowest BCUT2D eigenvalue weighted by Crippen LogP contribution is -2.14. The predicted molar refractivity (Wildman–Crippen MR) is 104 cm³/mol. The minimum Gasteiger partial charge on any atom is -0.302 e. The number of rotatable bonds is 5. The van der Waals surface area contributed by atoms with Crippen LogP contribution in [0.15, 0.2) is 51.8 Å². The molecule has 8 heteroatoms. The van der Waals surface area contributed by atoms with E-state index < -0.39 is 9.84 Å². The van der Waals surface area contributed by atoms with Crippen LogP contribution in [0, 0.1) is 0 Å². The van der Waals surface area contributed by atoms with Crippen LogP contribution in [-0.4, -0.2) is 25.1 Å². The average Bonchev–Trinajstić information content (AvgIpc) is 2.99. The first-order valence-corrected chi connectivity index (χ1v) is 10.8. The van der Waals surface area contributed by atoms with Gasteiger partial charge in [-0.25, -0.2) is 13.4 Å². The summed E-state index contributed by atoms with van der Waals surface area (Å²) in [6, 6.07) is 12.2. The zero-order chi connectivity index (χ0) is 18.0. The van der Waals surface area contributed by atoms with Gasteiger partial charge < -0.3 is 5.32 Å². The number of hydrogen-bond donors (Lipinski definition) is 1. The van der Waals surface area contributed by atoms with Crippen LogP contribution >= 0.6 is 27.3 Å². The van der Waals surface area contributed by atoms with E-state index >= 15 is 0 Å². The summed E-state index contributed by atoms with van der Waals surface area (Å²) in [4.78, 5) is 16.9. The molecule has 0 aliphatic rings. The molecular weight excluding hydrogens is 424 g/mol. The number of halogens is 1. The molecule has 1 N–H and O–H groups in total. The molecule has 0 radical (unpaired) electrons. The Hall–Kier alpha value is -1.77. The van der Waals surface area contributed by atoms with Crippen LogP contribution in [0.4, 0.5) is 5.13 Å². The van der Waals surface area contributed by atoms with Crippen LogP contribution in [0.2, 0.25) is 0 Å². The van der Waals surface area contributed by atoms with Gasteiger partial charge in [0.1, 0.15) is 0 Å². The first-order valence-electron chi connectivity index (χ1n) is 7.55. The lowest BCUT2D eigenvalue weighted by Gasteiger charge is -2.04. The van der Waals surface area contributed by atoms with Crippen LogP contribution in [0.1, 0.15) is 12.5 Å². The molecule has 0 saturated heterocycles. The van der Waals surface area contributed by atoms with Crippen molar-refractivity contribution in [2.75, 3.05) is 11.1 Å². The number of nitrogens with zero attached hydrogens (tertiary/aromatic N) is 1. The van der Waals surface area contributed by atoms with Gasteiger partial charge in [-0.05, 0) is 45.8 Å². The highest BCUT2D eigenvalue weighted by atomic mass is 79.9. The molecule has 0 unspecified atom stereocenters. The molecule has 2 aromatic carbocycles. The highest BCUT2D eigenvalue weighted by Crippen LogP contribution is 2.30. The van der Waals surface area contributed by atoms with E-state index in [0.29, 0.717) is 5.13 Å². The Morgan fingerprint density at radius 3 is 2.56 bits per heavy atom. The SMILES string of the molecule is CCS(=O)(=O)c1ccc(CC(=O)Nc2nc3c(Br)cccc3s2)cc1. The van der Waals surface area contributed by atoms with Gasteiger partial charge in [-0.1, -0.05) is 36.5 Å². The molecule has 130 valence electrons. The first kappa shape index (κ1) is 18.0. The van der Waals surface area contributed by atoms with Gasteiger partial charge in [-0.2, -0.15) is 0 Å². The second-order valence-corrected chi connectivity index (χ2v) is 9.54. The third-order valence-electron chi connectivity index (χ3n) is 3.64. The van der Waals surface area contributed by atoms with Crippen molar-refractivity contribution >= 4 is 58.4 Å². The number of aromatic nitrogens is 1. The number of sulfone groups is 1. The second-order valence-electron chi connectivity index (χ2n) is 5.38. The summed E-state index contributed by atoms with van der Waals surface area (Å²) in [6.45, 7) is 1.60. The molecule has 25 heavy (non-hydrogen) atoms. The highest BCUT2D eigenvalue weighted by Gasteiger charge is 2.13. The number of para-hydroxylation sites is 1. The van der Waals surface area contributed by atoms with E-state index in [2.05, 4.69) is 26.2 Å². The maximum absolute atomic E-state index is 12.2. The third kappa shape index (κ3) is 4.08. The van der Waals surface area contributed by atoms with Gasteiger partial charge in [0.15, 0.2) is 15.0 Å². The summed E-state index contributed by atoms with van der Waals surface area (Å²) in [5, 5.41) is 3.33. The van der Waals surface area contributed by atoms with Gasteiger partial charge in [-0.3, -0.25) is 4.79 Å². The van der Waals surface area contributed by atoms with E-state index in [1.165, 1.54) is 23.5 Å². The summed E-state index contributed by atoms with van der Waals surface area (Å²) in [6.07, 6.45) is 0.156. The molecule has 0 aliphatic heterocycles. The molecule has 0 saturated carbocycles. The van der Waals surface area contributed by atoms with Crippen LogP contribution in [0.25, 0.3) is 10.2 Å². The Morgan fingerprint density at radius 2 is 1.92 bits per heavy atom. The normalized spacial score (nSPS) is 11.6. The van der Waals surface area contributed by atoms with Crippen molar-refractivity contribution in [1.29, 1.82) is 0 Å². The van der Waals surface area contributed by atoms with Crippen molar-refractivity contribution in [3.8, 4) is 0 Å². The monoisotopic (exact) mass is 438 g/mol. The summed E-state index contributed by atoms with van der Waals surface area (Å²) in [7, 11) is -3.22. The van der Waals surface area contributed by atoms with Gasteiger partial charge in [0, 0.05) is 4.47 Å². The second kappa shape index (κ2) is 7.23. The predicted octanol–water partition coefficient (Wildman–Crippen LogP) is 4.03. The molecule has 1 aromatic heterocycles. The third-order valence-corrected chi connectivity index (χ3v) is 6.97. The summed E-state index contributed by atoms with van der Waals surface area (Å²) in [5.41, 5.74) is 1.56. The molecule has 3 aromatic rings. The zero-order valence-electron chi connectivity index (χ0n) is 13.3. The maximum Gasteiger partial charge on any atom is 0.230 e. The first-order chi connectivity index (χ1) is 11.9. The molecule has 0 spiro atoms.